The molecule has 0 saturated carbocycles. The van der Waals surface area contributed by atoms with E-state index in [1.165, 1.54) is 6.07 Å². The third-order valence-electron chi connectivity index (χ3n) is 2.96. The first kappa shape index (κ1) is 14.9. The van der Waals surface area contributed by atoms with Crippen LogP contribution in [0.15, 0.2) is 46.9 Å². The Balaban J connectivity index is 2.17. The number of alkyl halides is 3. The van der Waals surface area contributed by atoms with Gasteiger partial charge in [0.1, 0.15) is 0 Å². The van der Waals surface area contributed by atoms with Gasteiger partial charge in [-0.15, -0.1) is 0 Å². The first-order valence-corrected chi connectivity index (χ1v) is 6.82. The highest BCUT2D eigenvalue weighted by Crippen LogP contribution is 2.35. The van der Waals surface area contributed by atoms with Crippen LogP contribution in [0.1, 0.15) is 16.7 Å². The van der Waals surface area contributed by atoms with Gasteiger partial charge in [-0.1, -0.05) is 40.2 Å². The monoisotopic (exact) mass is 343 g/mol. The molecule has 0 bridgehead atoms. The molecule has 0 aliphatic heterocycles. The van der Waals surface area contributed by atoms with Gasteiger partial charge in [0.15, 0.2) is 0 Å². The first-order chi connectivity index (χ1) is 9.38. The summed E-state index contributed by atoms with van der Waals surface area (Å²) >= 11 is 2.93. The summed E-state index contributed by atoms with van der Waals surface area (Å²) in [5.41, 5.74) is 1.91. The highest BCUT2D eigenvalue weighted by Gasteiger charge is 2.32. The van der Waals surface area contributed by atoms with Crippen LogP contribution in [0.2, 0.25) is 0 Å². The summed E-state index contributed by atoms with van der Waals surface area (Å²) in [6.45, 7) is 2.30. The van der Waals surface area contributed by atoms with E-state index in [4.69, 9.17) is 0 Å². The fourth-order valence-electron chi connectivity index (χ4n) is 1.87. The predicted octanol–water partition coefficient (Wildman–Crippen LogP) is 5.39. The van der Waals surface area contributed by atoms with E-state index in [-0.39, 0.29) is 4.47 Å². The topological polar surface area (TPSA) is 12.0 Å². The van der Waals surface area contributed by atoms with Crippen molar-refractivity contribution in [3.63, 3.8) is 0 Å². The van der Waals surface area contributed by atoms with Gasteiger partial charge in [0.05, 0.1) is 5.56 Å². The maximum absolute atomic E-state index is 12.8. The van der Waals surface area contributed by atoms with Gasteiger partial charge in [-0.05, 0) is 36.2 Å². The van der Waals surface area contributed by atoms with Crippen molar-refractivity contribution in [3.05, 3.63) is 63.6 Å². The maximum Gasteiger partial charge on any atom is 0.417 e. The molecule has 2 aromatic rings. The van der Waals surface area contributed by atoms with Crippen LogP contribution in [-0.2, 0) is 12.7 Å². The molecule has 2 aromatic carbocycles. The van der Waals surface area contributed by atoms with E-state index in [0.717, 1.165) is 17.3 Å². The number of halogens is 4. The summed E-state index contributed by atoms with van der Waals surface area (Å²) in [4.78, 5) is 0. The standard InChI is InChI=1S/C15H13BrF3N/c1-10-4-2-3-5-14(10)20-9-11-6-7-13(16)12(8-11)15(17,18)19/h2-8,20H,9H2,1H3. The molecule has 2 rings (SSSR count). The number of nitrogens with one attached hydrogen (secondary N) is 1. The average Bonchev–Trinajstić information content (AvgIpc) is 2.38. The third kappa shape index (κ3) is 3.54. The van der Waals surface area contributed by atoms with Gasteiger partial charge < -0.3 is 5.32 Å². The van der Waals surface area contributed by atoms with Gasteiger partial charge in [-0.3, -0.25) is 0 Å². The number of benzene rings is 2. The van der Waals surface area contributed by atoms with E-state index in [1.54, 1.807) is 6.07 Å². The first-order valence-electron chi connectivity index (χ1n) is 6.03. The molecule has 0 aliphatic rings. The summed E-state index contributed by atoms with van der Waals surface area (Å²) in [6, 6.07) is 11.9. The van der Waals surface area contributed by atoms with Crippen molar-refractivity contribution < 1.29 is 13.2 Å². The third-order valence-corrected chi connectivity index (χ3v) is 3.66. The molecule has 0 spiro atoms. The largest absolute Gasteiger partial charge is 0.417 e. The average molecular weight is 344 g/mol. The molecule has 0 aromatic heterocycles. The SMILES string of the molecule is Cc1ccccc1NCc1ccc(Br)c(C(F)(F)F)c1. The van der Waals surface area contributed by atoms with Crippen LogP contribution in [0, 0.1) is 6.92 Å². The Labute approximate surface area is 123 Å². The second-order valence-electron chi connectivity index (χ2n) is 4.48. The van der Waals surface area contributed by atoms with E-state index in [2.05, 4.69) is 21.2 Å². The van der Waals surface area contributed by atoms with Gasteiger partial charge in [0, 0.05) is 16.7 Å². The molecule has 0 atom stereocenters. The molecule has 0 heterocycles. The molecule has 0 amide bonds. The molecular weight excluding hydrogens is 331 g/mol. The molecular formula is C15H13BrF3N. The van der Waals surface area contributed by atoms with Crippen LogP contribution in [0.4, 0.5) is 18.9 Å². The lowest BCUT2D eigenvalue weighted by atomic mass is 10.1. The predicted molar refractivity (Wildman–Crippen MR) is 77.6 cm³/mol. The number of rotatable bonds is 3. The van der Waals surface area contributed by atoms with E-state index < -0.39 is 11.7 Å². The summed E-state index contributed by atoms with van der Waals surface area (Å²) in [5, 5.41) is 3.14. The van der Waals surface area contributed by atoms with Crippen molar-refractivity contribution in [3.8, 4) is 0 Å². The fourth-order valence-corrected chi connectivity index (χ4v) is 2.34. The van der Waals surface area contributed by atoms with E-state index >= 15 is 0 Å². The minimum Gasteiger partial charge on any atom is -0.381 e. The Morgan fingerprint density at radius 2 is 1.80 bits per heavy atom. The number of aryl methyl sites for hydroxylation is 1. The van der Waals surface area contributed by atoms with Gasteiger partial charge in [0.25, 0.3) is 0 Å². The van der Waals surface area contributed by atoms with Crippen LogP contribution in [0.3, 0.4) is 0 Å². The molecule has 20 heavy (non-hydrogen) atoms. The molecule has 1 nitrogen and oxygen atoms in total. The Morgan fingerprint density at radius 3 is 2.45 bits per heavy atom. The van der Waals surface area contributed by atoms with Crippen molar-refractivity contribution in [1.82, 2.24) is 0 Å². The van der Waals surface area contributed by atoms with Crippen molar-refractivity contribution in [2.75, 3.05) is 5.32 Å². The lowest BCUT2D eigenvalue weighted by molar-refractivity contribution is -0.138. The van der Waals surface area contributed by atoms with Crippen LogP contribution < -0.4 is 5.32 Å². The highest BCUT2D eigenvalue weighted by atomic mass is 79.9. The van der Waals surface area contributed by atoms with Gasteiger partial charge >= 0.3 is 6.18 Å². The van der Waals surface area contributed by atoms with E-state index in [9.17, 15) is 13.2 Å². The molecule has 0 fully saturated rings. The van der Waals surface area contributed by atoms with Crippen molar-refractivity contribution in [2.24, 2.45) is 0 Å². The lowest BCUT2D eigenvalue weighted by Gasteiger charge is -2.13. The normalized spacial score (nSPS) is 11.4. The van der Waals surface area contributed by atoms with Crippen LogP contribution >= 0.6 is 15.9 Å². The van der Waals surface area contributed by atoms with Crippen molar-refractivity contribution in [2.45, 2.75) is 19.6 Å². The lowest BCUT2D eigenvalue weighted by Crippen LogP contribution is -2.08. The van der Waals surface area contributed by atoms with Crippen molar-refractivity contribution >= 4 is 21.6 Å². The van der Waals surface area contributed by atoms with Crippen molar-refractivity contribution in [1.29, 1.82) is 0 Å². The Morgan fingerprint density at radius 1 is 1.10 bits per heavy atom. The summed E-state index contributed by atoms with van der Waals surface area (Å²) in [6.07, 6.45) is -4.35. The Kier molecular flexibility index (Phi) is 4.38. The Bertz CT molecular complexity index is 608. The summed E-state index contributed by atoms with van der Waals surface area (Å²) in [7, 11) is 0. The number of hydrogen-bond acceptors (Lipinski definition) is 1. The van der Waals surface area contributed by atoms with Gasteiger partial charge in [-0.2, -0.15) is 13.2 Å². The van der Waals surface area contributed by atoms with Gasteiger partial charge in [-0.25, -0.2) is 0 Å². The molecule has 1 N–H and O–H groups in total. The van der Waals surface area contributed by atoms with E-state index in [1.807, 2.05) is 31.2 Å². The van der Waals surface area contributed by atoms with Crippen LogP contribution in [-0.4, -0.2) is 0 Å². The van der Waals surface area contributed by atoms with Gasteiger partial charge in [0.2, 0.25) is 0 Å². The smallest absolute Gasteiger partial charge is 0.381 e. The minimum atomic E-state index is -4.35. The zero-order valence-electron chi connectivity index (χ0n) is 10.8. The quantitative estimate of drug-likeness (QED) is 0.787. The highest BCUT2D eigenvalue weighted by molar-refractivity contribution is 9.10. The second kappa shape index (κ2) is 5.87. The second-order valence-corrected chi connectivity index (χ2v) is 5.33. The molecule has 5 heteroatoms. The molecule has 0 aliphatic carbocycles. The molecule has 0 saturated heterocycles. The molecule has 106 valence electrons. The molecule has 0 unspecified atom stereocenters. The minimum absolute atomic E-state index is 0.0599. The number of hydrogen-bond donors (Lipinski definition) is 1. The summed E-state index contributed by atoms with van der Waals surface area (Å²) in [5.74, 6) is 0. The number of anilines is 1. The molecule has 0 radical (unpaired) electrons. The number of para-hydroxylation sites is 1. The zero-order valence-corrected chi connectivity index (χ0v) is 12.3. The van der Waals surface area contributed by atoms with Crippen LogP contribution in [0.5, 0.6) is 0 Å². The fraction of sp³-hybridized carbons (Fsp3) is 0.200. The Hall–Kier alpha value is -1.49. The van der Waals surface area contributed by atoms with E-state index in [0.29, 0.717) is 12.1 Å². The zero-order chi connectivity index (χ0) is 14.8. The van der Waals surface area contributed by atoms with Crippen LogP contribution in [0.25, 0.3) is 0 Å². The summed E-state index contributed by atoms with van der Waals surface area (Å²) < 4.78 is 38.5. The maximum atomic E-state index is 12.8.